The maximum Gasteiger partial charge on any atom is 0.306 e. The van der Waals surface area contributed by atoms with E-state index in [2.05, 4.69) is 6.07 Å². The van der Waals surface area contributed by atoms with Gasteiger partial charge in [-0.15, -0.1) is 0 Å². The first-order valence-electron chi connectivity index (χ1n) is 9.69. The third-order valence-corrected chi connectivity index (χ3v) is 4.94. The largest absolute Gasteiger partial charge is 0.481 e. The van der Waals surface area contributed by atoms with Gasteiger partial charge in [0.15, 0.2) is 0 Å². The maximum absolute atomic E-state index is 11.6. The third-order valence-electron chi connectivity index (χ3n) is 4.94. The highest BCUT2D eigenvalue weighted by Crippen LogP contribution is 2.22. The zero-order valence-corrected chi connectivity index (χ0v) is 16.2. The molecule has 0 heterocycles. The number of aryl methyl sites for hydroxylation is 1. The normalized spacial score (nSPS) is 11.8. The van der Waals surface area contributed by atoms with E-state index < -0.39 is 11.9 Å². The Bertz CT molecular complexity index is 1010. The third kappa shape index (κ3) is 5.92. The van der Waals surface area contributed by atoms with Crippen LogP contribution in [0.1, 0.15) is 29.5 Å². The van der Waals surface area contributed by atoms with Gasteiger partial charge in [0.25, 0.3) is 0 Å². The van der Waals surface area contributed by atoms with E-state index in [1.165, 1.54) is 0 Å². The van der Waals surface area contributed by atoms with Crippen LogP contribution in [0.15, 0.2) is 84.9 Å². The Kier molecular flexibility index (Phi) is 6.97. The van der Waals surface area contributed by atoms with Crippen LogP contribution in [0, 0.1) is 17.2 Å². The molecule has 0 spiro atoms. The maximum atomic E-state index is 11.6. The van der Waals surface area contributed by atoms with Crippen LogP contribution in [0.2, 0.25) is 0 Å². The van der Waals surface area contributed by atoms with E-state index >= 15 is 0 Å². The molecule has 0 aromatic heterocycles. The molecule has 0 amide bonds. The van der Waals surface area contributed by atoms with Crippen molar-refractivity contribution in [2.75, 3.05) is 0 Å². The monoisotopic (exact) mass is 381 g/mol. The number of allylic oxidation sites excluding steroid dienone is 1. The van der Waals surface area contributed by atoms with E-state index in [0.717, 1.165) is 22.3 Å². The minimum atomic E-state index is -0.757. The quantitative estimate of drug-likeness (QED) is 0.523. The van der Waals surface area contributed by atoms with Gasteiger partial charge in [-0.1, -0.05) is 78.9 Å². The number of carboxylic acid groups (broad SMARTS) is 1. The van der Waals surface area contributed by atoms with Gasteiger partial charge in [-0.05, 0) is 53.6 Å². The molecule has 0 saturated carbocycles. The number of benzene rings is 3. The van der Waals surface area contributed by atoms with Crippen molar-refractivity contribution in [2.24, 2.45) is 5.92 Å². The Balaban J connectivity index is 1.59. The highest BCUT2D eigenvalue weighted by Gasteiger charge is 2.15. The van der Waals surface area contributed by atoms with Crippen LogP contribution in [-0.4, -0.2) is 11.1 Å². The fraction of sp³-hybridized carbons (Fsp3) is 0.154. The number of rotatable bonds is 8. The number of hydrogen-bond donors (Lipinski definition) is 1. The summed E-state index contributed by atoms with van der Waals surface area (Å²) in [7, 11) is 0. The van der Waals surface area contributed by atoms with Gasteiger partial charge in [-0.3, -0.25) is 4.79 Å². The van der Waals surface area contributed by atoms with E-state index in [1.54, 1.807) is 6.07 Å². The summed E-state index contributed by atoms with van der Waals surface area (Å²) in [4.78, 5) is 11.6. The zero-order chi connectivity index (χ0) is 20.5. The predicted octanol–water partition coefficient (Wildman–Crippen LogP) is 5.96. The molecule has 0 aliphatic rings. The van der Waals surface area contributed by atoms with Gasteiger partial charge in [0.1, 0.15) is 0 Å². The number of carboxylic acids is 1. The van der Waals surface area contributed by atoms with Gasteiger partial charge in [0.2, 0.25) is 0 Å². The van der Waals surface area contributed by atoms with E-state index in [0.29, 0.717) is 24.8 Å². The lowest BCUT2D eigenvalue weighted by Crippen LogP contribution is -2.13. The van der Waals surface area contributed by atoms with Gasteiger partial charge in [-0.2, -0.15) is 5.26 Å². The van der Waals surface area contributed by atoms with Crippen molar-refractivity contribution >= 4 is 12.0 Å². The fourth-order valence-corrected chi connectivity index (χ4v) is 3.25. The summed E-state index contributed by atoms with van der Waals surface area (Å²) in [6.45, 7) is 0. The van der Waals surface area contributed by atoms with Crippen LogP contribution in [0.3, 0.4) is 0 Å². The average Bonchev–Trinajstić information content (AvgIpc) is 2.77. The molecule has 0 fully saturated rings. The summed E-state index contributed by atoms with van der Waals surface area (Å²) >= 11 is 0. The van der Waals surface area contributed by atoms with E-state index in [9.17, 15) is 9.90 Å². The van der Waals surface area contributed by atoms with Crippen LogP contribution < -0.4 is 0 Å². The summed E-state index contributed by atoms with van der Waals surface area (Å²) < 4.78 is 0. The van der Waals surface area contributed by atoms with Crippen molar-refractivity contribution in [1.29, 1.82) is 5.26 Å². The van der Waals surface area contributed by atoms with Gasteiger partial charge >= 0.3 is 5.97 Å². The Labute approximate surface area is 171 Å². The summed E-state index contributed by atoms with van der Waals surface area (Å²) in [5.41, 5.74) is 4.88. The SMILES string of the molecule is N#Cc1cccc(-c2ccc(CCC(C/C=C/c3ccccc3)C(=O)O)cc2)c1. The Morgan fingerprint density at radius 2 is 1.72 bits per heavy atom. The summed E-state index contributed by atoms with van der Waals surface area (Å²) in [6.07, 6.45) is 5.75. The second kappa shape index (κ2) is 10.1. The van der Waals surface area contributed by atoms with Gasteiger partial charge in [-0.25, -0.2) is 0 Å². The van der Waals surface area contributed by atoms with E-state index in [4.69, 9.17) is 5.26 Å². The van der Waals surface area contributed by atoms with Crippen molar-refractivity contribution in [3.8, 4) is 17.2 Å². The Morgan fingerprint density at radius 1 is 0.966 bits per heavy atom. The topological polar surface area (TPSA) is 61.1 Å². The van der Waals surface area contributed by atoms with E-state index in [1.807, 2.05) is 84.9 Å². The predicted molar refractivity (Wildman–Crippen MR) is 116 cm³/mol. The number of carbonyl (C=O) groups is 1. The van der Waals surface area contributed by atoms with Crippen molar-refractivity contribution in [3.63, 3.8) is 0 Å². The first kappa shape index (κ1) is 20.1. The fourth-order valence-electron chi connectivity index (χ4n) is 3.25. The molecule has 0 aliphatic heterocycles. The Morgan fingerprint density at radius 3 is 2.41 bits per heavy atom. The average molecular weight is 381 g/mol. The smallest absolute Gasteiger partial charge is 0.306 e. The molecule has 1 N–H and O–H groups in total. The number of aliphatic carboxylic acids is 1. The molecule has 3 aromatic rings. The summed E-state index contributed by atoms with van der Waals surface area (Å²) in [6, 6.07) is 27.7. The van der Waals surface area contributed by atoms with Crippen LogP contribution in [0.25, 0.3) is 17.2 Å². The minimum absolute atomic E-state index is 0.401. The Hall–Kier alpha value is -3.64. The lowest BCUT2D eigenvalue weighted by Gasteiger charge is -2.10. The van der Waals surface area contributed by atoms with Crippen molar-refractivity contribution < 1.29 is 9.90 Å². The first-order valence-corrected chi connectivity index (χ1v) is 9.69. The second-order valence-electron chi connectivity index (χ2n) is 7.01. The molecule has 144 valence electrons. The molecule has 29 heavy (non-hydrogen) atoms. The number of nitriles is 1. The summed E-state index contributed by atoms with van der Waals surface area (Å²) in [5, 5.41) is 18.6. The molecule has 1 unspecified atom stereocenters. The molecule has 0 aliphatic carbocycles. The lowest BCUT2D eigenvalue weighted by molar-refractivity contribution is -0.141. The van der Waals surface area contributed by atoms with Crippen LogP contribution in [0.4, 0.5) is 0 Å². The molecule has 3 nitrogen and oxygen atoms in total. The molecule has 1 atom stereocenters. The highest BCUT2D eigenvalue weighted by atomic mass is 16.4. The number of hydrogen-bond acceptors (Lipinski definition) is 2. The van der Waals surface area contributed by atoms with E-state index in [-0.39, 0.29) is 0 Å². The molecule has 3 aromatic carbocycles. The van der Waals surface area contributed by atoms with Crippen LogP contribution in [-0.2, 0) is 11.2 Å². The molecule has 0 bridgehead atoms. The molecule has 0 radical (unpaired) electrons. The van der Waals surface area contributed by atoms with Gasteiger partial charge in [0.05, 0.1) is 17.6 Å². The van der Waals surface area contributed by atoms with Crippen molar-refractivity contribution in [2.45, 2.75) is 19.3 Å². The van der Waals surface area contributed by atoms with Crippen molar-refractivity contribution in [1.82, 2.24) is 0 Å². The molecule has 3 rings (SSSR count). The number of nitrogens with zero attached hydrogens (tertiary/aromatic N) is 1. The lowest BCUT2D eigenvalue weighted by atomic mass is 9.95. The standard InChI is InChI=1S/C26H23NO2/c27-19-22-9-5-11-25(18-22)23-15-12-21(13-16-23)14-17-24(26(28)29)10-4-8-20-6-2-1-3-7-20/h1-9,11-13,15-16,18,24H,10,14,17H2,(H,28,29)/b8-4+. The molecule has 0 saturated heterocycles. The van der Waals surface area contributed by atoms with Gasteiger partial charge < -0.3 is 5.11 Å². The van der Waals surface area contributed by atoms with Crippen LogP contribution in [0.5, 0.6) is 0 Å². The minimum Gasteiger partial charge on any atom is -0.481 e. The first-order chi connectivity index (χ1) is 14.2. The van der Waals surface area contributed by atoms with Crippen LogP contribution >= 0.6 is 0 Å². The molecular weight excluding hydrogens is 358 g/mol. The zero-order valence-electron chi connectivity index (χ0n) is 16.2. The van der Waals surface area contributed by atoms with Gasteiger partial charge in [0, 0.05) is 0 Å². The second-order valence-corrected chi connectivity index (χ2v) is 7.01. The summed E-state index contributed by atoms with van der Waals surface area (Å²) in [5.74, 6) is -1.16. The molecule has 3 heteroatoms. The van der Waals surface area contributed by atoms with Crippen molar-refractivity contribution in [3.05, 3.63) is 102 Å². The highest BCUT2D eigenvalue weighted by molar-refractivity contribution is 5.70. The molecular formula is C26H23NO2.